The summed E-state index contributed by atoms with van der Waals surface area (Å²) >= 11 is 0. The summed E-state index contributed by atoms with van der Waals surface area (Å²) < 4.78 is 42.3. The number of anilines is 1. The Bertz CT molecular complexity index is 1310. The zero-order valence-corrected chi connectivity index (χ0v) is 24.1. The van der Waals surface area contributed by atoms with E-state index in [4.69, 9.17) is 29.0 Å². The van der Waals surface area contributed by atoms with Gasteiger partial charge in [0.05, 0.1) is 38.8 Å². The Balaban J connectivity index is 1.78. The molecule has 2 heterocycles. The topological polar surface area (TPSA) is 162 Å². The minimum atomic E-state index is -3.46. The molecule has 0 saturated carbocycles. The van der Waals surface area contributed by atoms with Crippen LogP contribution in [0.15, 0.2) is 24.3 Å². The molecule has 0 aliphatic heterocycles. The number of hydrogen-bond acceptors (Lipinski definition) is 11. The van der Waals surface area contributed by atoms with Gasteiger partial charge in [-0.05, 0) is 58.7 Å². The van der Waals surface area contributed by atoms with Gasteiger partial charge >= 0.3 is 19.7 Å². The number of rotatable bonds is 13. The number of carbonyl (C=O) groups excluding carboxylic acids is 1. The summed E-state index contributed by atoms with van der Waals surface area (Å²) in [6, 6.07) is 7.46. The Kier molecular flexibility index (Phi) is 10.1. The van der Waals surface area contributed by atoms with E-state index < -0.39 is 19.3 Å². The van der Waals surface area contributed by atoms with Crippen LogP contribution in [0.1, 0.15) is 46.6 Å². The molecule has 1 aromatic carbocycles. The van der Waals surface area contributed by atoms with Gasteiger partial charge in [-0.2, -0.15) is 15.0 Å². The first-order valence-corrected chi connectivity index (χ1v) is 14.2. The standard InChI is InChI=1S/C25H37N6O7P/c1-7-36-39(33,37-8-2)18-12-9-11-17(15-18)16-31-21-19(28-23(31)34-6)20(26)29-22(30-21)35-14-10-13-27-24(32)38-25(3,4)5/h9,11-12,15H,7-8,10,13-14,16H2,1-6H3,(H,27,32)(H2,26,29,30). The van der Waals surface area contributed by atoms with Crippen LogP contribution < -0.4 is 25.8 Å². The maximum atomic E-state index is 13.3. The minimum absolute atomic E-state index is 0.0621. The summed E-state index contributed by atoms with van der Waals surface area (Å²) in [5, 5.41) is 3.12. The number of fused-ring (bicyclic) bond motifs is 1. The molecule has 39 heavy (non-hydrogen) atoms. The number of carbonyl (C=O) groups is 1. The Hall–Kier alpha value is -3.41. The monoisotopic (exact) mass is 564 g/mol. The summed E-state index contributed by atoms with van der Waals surface area (Å²) in [7, 11) is -1.97. The third kappa shape index (κ3) is 8.04. The SMILES string of the molecule is CCOP(=O)(OCC)c1cccc(Cn2c(OC)nc3c(N)nc(OCCCNC(=O)OC(C)(C)C)nc32)c1. The highest BCUT2D eigenvalue weighted by molar-refractivity contribution is 7.62. The van der Waals surface area contributed by atoms with Gasteiger partial charge < -0.3 is 34.3 Å². The average Bonchev–Trinajstić information content (AvgIpc) is 3.21. The van der Waals surface area contributed by atoms with Gasteiger partial charge in [0.1, 0.15) is 5.60 Å². The van der Waals surface area contributed by atoms with E-state index in [-0.39, 0.29) is 44.2 Å². The maximum absolute atomic E-state index is 13.3. The molecule has 0 unspecified atom stereocenters. The van der Waals surface area contributed by atoms with Crippen LogP contribution in [0.3, 0.4) is 0 Å². The van der Waals surface area contributed by atoms with Crippen LogP contribution in [0.2, 0.25) is 0 Å². The Labute approximate surface area is 227 Å². The van der Waals surface area contributed by atoms with E-state index in [9.17, 15) is 9.36 Å². The third-order valence-corrected chi connectivity index (χ3v) is 7.24. The highest BCUT2D eigenvalue weighted by atomic mass is 31.2. The minimum Gasteiger partial charge on any atom is -0.468 e. The fourth-order valence-corrected chi connectivity index (χ4v) is 5.26. The van der Waals surface area contributed by atoms with Crippen molar-refractivity contribution in [3.63, 3.8) is 0 Å². The molecular weight excluding hydrogens is 527 g/mol. The number of methoxy groups -OCH3 is 1. The van der Waals surface area contributed by atoms with Gasteiger partial charge in [0, 0.05) is 6.54 Å². The molecule has 13 nitrogen and oxygen atoms in total. The number of imidazole rings is 1. The van der Waals surface area contributed by atoms with Crippen molar-refractivity contribution in [3.05, 3.63) is 29.8 Å². The molecule has 3 N–H and O–H groups in total. The first-order chi connectivity index (χ1) is 18.5. The van der Waals surface area contributed by atoms with Crippen molar-refractivity contribution in [2.75, 3.05) is 39.2 Å². The summed E-state index contributed by atoms with van der Waals surface area (Å²) in [5.74, 6) is 0.130. The number of ether oxygens (including phenoxy) is 3. The van der Waals surface area contributed by atoms with E-state index >= 15 is 0 Å². The number of nitrogens with zero attached hydrogens (tertiary/aromatic N) is 4. The van der Waals surface area contributed by atoms with Crippen LogP contribution in [-0.4, -0.2) is 64.7 Å². The summed E-state index contributed by atoms with van der Waals surface area (Å²) in [5.41, 5.74) is 7.14. The van der Waals surface area contributed by atoms with Gasteiger partial charge in [-0.1, -0.05) is 12.1 Å². The molecule has 2 aromatic heterocycles. The number of nitrogen functional groups attached to an aromatic ring is 1. The lowest BCUT2D eigenvalue weighted by Gasteiger charge is -2.19. The molecule has 0 bridgehead atoms. The molecule has 3 aromatic rings. The van der Waals surface area contributed by atoms with Gasteiger partial charge in [0.15, 0.2) is 17.0 Å². The van der Waals surface area contributed by atoms with E-state index in [1.165, 1.54) is 7.11 Å². The van der Waals surface area contributed by atoms with Crippen molar-refractivity contribution in [2.45, 2.75) is 53.2 Å². The number of benzene rings is 1. The van der Waals surface area contributed by atoms with Gasteiger partial charge in [0.25, 0.3) is 6.01 Å². The molecule has 0 spiro atoms. The van der Waals surface area contributed by atoms with Crippen LogP contribution >= 0.6 is 7.60 Å². The second-order valence-corrected chi connectivity index (χ2v) is 11.4. The Morgan fingerprint density at radius 2 is 1.85 bits per heavy atom. The van der Waals surface area contributed by atoms with E-state index in [2.05, 4.69) is 20.3 Å². The Morgan fingerprint density at radius 1 is 1.13 bits per heavy atom. The quantitative estimate of drug-likeness (QED) is 0.230. The van der Waals surface area contributed by atoms with Crippen molar-refractivity contribution in [1.29, 1.82) is 0 Å². The third-order valence-electron chi connectivity index (χ3n) is 5.13. The molecule has 1 amide bonds. The molecule has 0 saturated heterocycles. The van der Waals surface area contributed by atoms with Crippen molar-refractivity contribution in [3.8, 4) is 12.0 Å². The predicted molar refractivity (Wildman–Crippen MR) is 147 cm³/mol. The molecule has 0 fully saturated rings. The largest absolute Gasteiger partial charge is 0.468 e. The fourth-order valence-electron chi connectivity index (χ4n) is 3.62. The molecular formula is C25H37N6O7P. The maximum Gasteiger partial charge on any atom is 0.407 e. The zero-order chi connectivity index (χ0) is 28.6. The number of nitrogens with two attached hydrogens (primary N) is 1. The average molecular weight is 565 g/mol. The van der Waals surface area contributed by atoms with Crippen molar-refractivity contribution in [1.82, 2.24) is 24.8 Å². The van der Waals surface area contributed by atoms with E-state index in [1.54, 1.807) is 57.4 Å². The van der Waals surface area contributed by atoms with Gasteiger partial charge in [0.2, 0.25) is 0 Å². The highest BCUT2D eigenvalue weighted by Crippen LogP contribution is 2.46. The Morgan fingerprint density at radius 3 is 2.49 bits per heavy atom. The molecule has 14 heteroatoms. The second-order valence-electron chi connectivity index (χ2n) is 9.38. The predicted octanol–water partition coefficient (Wildman–Crippen LogP) is 3.65. The summed E-state index contributed by atoms with van der Waals surface area (Å²) in [6.45, 7) is 10.3. The van der Waals surface area contributed by atoms with Gasteiger partial charge in [-0.3, -0.25) is 9.13 Å². The normalized spacial score (nSPS) is 11.9. The molecule has 214 valence electrons. The van der Waals surface area contributed by atoms with Crippen molar-refractivity contribution in [2.24, 2.45) is 0 Å². The van der Waals surface area contributed by atoms with Gasteiger partial charge in [-0.15, -0.1) is 0 Å². The number of aromatic nitrogens is 4. The second kappa shape index (κ2) is 13.1. The van der Waals surface area contributed by atoms with Crippen LogP contribution in [0.25, 0.3) is 11.2 Å². The first kappa shape index (κ1) is 30.1. The molecule has 0 radical (unpaired) electrons. The smallest absolute Gasteiger partial charge is 0.407 e. The van der Waals surface area contributed by atoms with E-state index in [1.807, 2.05) is 6.07 Å². The van der Waals surface area contributed by atoms with Gasteiger partial charge in [-0.25, -0.2) is 4.79 Å². The van der Waals surface area contributed by atoms with Crippen LogP contribution in [0.5, 0.6) is 12.0 Å². The number of alkyl carbamates (subject to hydrolysis) is 1. The van der Waals surface area contributed by atoms with Crippen LogP contribution in [0.4, 0.5) is 10.6 Å². The summed E-state index contributed by atoms with van der Waals surface area (Å²) in [6.07, 6.45) is -0.00123. The molecule has 0 aliphatic carbocycles. The van der Waals surface area contributed by atoms with Crippen molar-refractivity contribution < 1.29 is 32.6 Å². The van der Waals surface area contributed by atoms with Crippen molar-refractivity contribution >= 4 is 36.0 Å². The molecule has 0 aliphatic rings. The fraction of sp³-hybridized carbons (Fsp3) is 0.520. The first-order valence-electron chi connectivity index (χ1n) is 12.7. The number of hydrogen-bond donors (Lipinski definition) is 2. The van der Waals surface area contributed by atoms with E-state index in [0.717, 1.165) is 5.56 Å². The lowest BCUT2D eigenvalue weighted by atomic mass is 10.2. The summed E-state index contributed by atoms with van der Waals surface area (Å²) in [4.78, 5) is 24.9. The van der Waals surface area contributed by atoms with E-state index in [0.29, 0.717) is 29.4 Å². The van der Waals surface area contributed by atoms with Crippen LogP contribution in [-0.2, 0) is 24.9 Å². The number of amides is 1. The molecule has 3 rings (SSSR count). The number of nitrogens with one attached hydrogen (secondary N) is 1. The lowest BCUT2D eigenvalue weighted by Crippen LogP contribution is -2.33. The lowest BCUT2D eigenvalue weighted by molar-refractivity contribution is 0.0525. The van der Waals surface area contributed by atoms with Crippen LogP contribution in [0, 0.1) is 0 Å². The highest BCUT2D eigenvalue weighted by Gasteiger charge is 2.27. The zero-order valence-electron chi connectivity index (χ0n) is 23.2. The molecule has 0 atom stereocenters.